The van der Waals surface area contributed by atoms with Crippen molar-refractivity contribution in [1.82, 2.24) is 25.1 Å². The third-order valence-electron chi connectivity index (χ3n) is 5.04. The molecule has 0 aliphatic carbocycles. The number of carbonyl (C=O) groups excluding carboxylic acids is 1. The van der Waals surface area contributed by atoms with Gasteiger partial charge in [-0.15, -0.1) is 15.3 Å². The highest BCUT2D eigenvalue weighted by molar-refractivity contribution is 5.89. The van der Waals surface area contributed by atoms with Crippen LogP contribution in [0.5, 0.6) is 11.6 Å². The van der Waals surface area contributed by atoms with E-state index in [-0.39, 0.29) is 12.6 Å². The SMILES string of the molecule is COc1cccc(-c2nnc3ccc(OCCNC(=O)Nc4ccc(C(C)C)cc4)nn23)c1. The average Bonchev–Trinajstić information content (AvgIpc) is 3.25. The summed E-state index contributed by atoms with van der Waals surface area (Å²) >= 11 is 0. The molecule has 0 radical (unpaired) electrons. The zero-order valence-corrected chi connectivity index (χ0v) is 18.8. The van der Waals surface area contributed by atoms with Crippen molar-refractivity contribution in [3.05, 3.63) is 66.2 Å². The van der Waals surface area contributed by atoms with Crippen molar-refractivity contribution in [2.24, 2.45) is 0 Å². The van der Waals surface area contributed by atoms with Crippen LogP contribution in [0.1, 0.15) is 25.3 Å². The second-order valence-electron chi connectivity index (χ2n) is 7.70. The van der Waals surface area contributed by atoms with Gasteiger partial charge in [0.1, 0.15) is 12.4 Å². The molecule has 33 heavy (non-hydrogen) atoms. The Labute approximate surface area is 191 Å². The van der Waals surface area contributed by atoms with Gasteiger partial charge in [0.25, 0.3) is 0 Å². The van der Waals surface area contributed by atoms with Crippen LogP contribution >= 0.6 is 0 Å². The summed E-state index contributed by atoms with van der Waals surface area (Å²) in [4.78, 5) is 12.1. The monoisotopic (exact) mass is 446 g/mol. The minimum Gasteiger partial charge on any atom is -0.497 e. The summed E-state index contributed by atoms with van der Waals surface area (Å²) in [6, 6.07) is 18.5. The summed E-state index contributed by atoms with van der Waals surface area (Å²) in [6.07, 6.45) is 0. The zero-order valence-electron chi connectivity index (χ0n) is 18.8. The highest BCUT2D eigenvalue weighted by Crippen LogP contribution is 2.23. The molecule has 9 heteroatoms. The smallest absolute Gasteiger partial charge is 0.319 e. The van der Waals surface area contributed by atoms with Crippen LogP contribution in [0.3, 0.4) is 0 Å². The van der Waals surface area contributed by atoms with Crippen molar-refractivity contribution in [1.29, 1.82) is 0 Å². The fourth-order valence-corrected chi connectivity index (χ4v) is 3.24. The highest BCUT2D eigenvalue weighted by Gasteiger charge is 2.11. The summed E-state index contributed by atoms with van der Waals surface area (Å²) < 4.78 is 12.6. The topological polar surface area (TPSA) is 103 Å². The second-order valence-corrected chi connectivity index (χ2v) is 7.70. The molecule has 9 nitrogen and oxygen atoms in total. The molecule has 2 aromatic heterocycles. The maximum atomic E-state index is 12.1. The number of methoxy groups -OCH3 is 1. The third kappa shape index (κ3) is 5.38. The number of carbonyl (C=O) groups is 1. The molecule has 2 amide bonds. The van der Waals surface area contributed by atoms with E-state index in [1.54, 1.807) is 23.8 Å². The zero-order chi connectivity index (χ0) is 23.2. The molecule has 2 aromatic carbocycles. The first-order chi connectivity index (χ1) is 16.0. The largest absolute Gasteiger partial charge is 0.497 e. The molecular formula is C24H26N6O3. The highest BCUT2D eigenvalue weighted by atomic mass is 16.5. The Balaban J connectivity index is 1.32. The molecule has 170 valence electrons. The van der Waals surface area contributed by atoms with Gasteiger partial charge in [0.2, 0.25) is 5.88 Å². The lowest BCUT2D eigenvalue weighted by atomic mass is 10.0. The van der Waals surface area contributed by atoms with E-state index in [0.29, 0.717) is 29.8 Å². The summed E-state index contributed by atoms with van der Waals surface area (Å²) in [6.45, 7) is 4.84. The van der Waals surface area contributed by atoms with Crippen LogP contribution in [0.4, 0.5) is 10.5 Å². The van der Waals surface area contributed by atoms with Crippen molar-refractivity contribution >= 4 is 17.4 Å². The maximum Gasteiger partial charge on any atom is 0.319 e. The van der Waals surface area contributed by atoms with Crippen LogP contribution < -0.4 is 20.1 Å². The minimum absolute atomic E-state index is 0.259. The predicted molar refractivity (Wildman–Crippen MR) is 126 cm³/mol. The van der Waals surface area contributed by atoms with E-state index >= 15 is 0 Å². The molecule has 0 unspecified atom stereocenters. The van der Waals surface area contributed by atoms with Crippen molar-refractivity contribution in [2.45, 2.75) is 19.8 Å². The Kier molecular flexibility index (Phi) is 6.68. The van der Waals surface area contributed by atoms with Crippen LogP contribution in [-0.2, 0) is 0 Å². The van der Waals surface area contributed by atoms with Crippen LogP contribution in [0.25, 0.3) is 17.0 Å². The number of urea groups is 1. The van der Waals surface area contributed by atoms with Gasteiger partial charge in [0.15, 0.2) is 11.5 Å². The number of nitrogens with one attached hydrogen (secondary N) is 2. The molecule has 0 atom stereocenters. The fourth-order valence-electron chi connectivity index (χ4n) is 3.24. The summed E-state index contributed by atoms with van der Waals surface area (Å²) in [5, 5.41) is 18.4. The van der Waals surface area contributed by atoms with Crippen LogP contribution in [0.15, 0.2) is 60.7 Å². The van der Waals surface area contributed by atoms with E-state index in [9.17, 15) is 4.79 Å². The van der Waals surface area contributed by atoms with Crippen LogP contribution in [0.2, 0.25) is 0 Å². The molecule has 0 aliphatic rings. The number of ether oxygens (including phenoxy) is 2. The lowest BCUT2D eigenvalue weighted by molar-refractivity contribution is 0.246. The number of hydrogen-bond donors (Lipinski definition) is 2. The molecule has 0 fully saturated rings. The molecule has 0 aliphatic heterocycles. The van der Waals surface area contributed by atoms with Gasteiger partial charge in [-0.2, -0.15) is 4.52 Å². The van der Waals surface area contributed by atoms with E-state index in [1.165, 1.54) is 5.56 Å². The second kappa shape index (κ2) is 9.99. The van der Waals surface area contributed by atoms with Gasteiger partial charge in [-0.3, -0.25) is 0 Å². The molecule has 0 spiro atoms. The van der Waals surface area contributed by atoms with Gasteiger partial charge in [-0.05, 0) is 41.8 Å². The van der Waals surface area contributed by atoms with E-state index < -0.39 is 0 Å². The van der Waals surface area contributed by atoms with Crippen molar-refractivity contribution in [3.63, 3.8) is 0 Å². The third-order valence-corrected chi connectivity index (χ3v) is 5.04. The fraction of sp³-hybridized carbons (Fsp3) is 0.250. The first-order valence-corrected chi connectivity index (χ1v) is 10.7. The first-order valence-electron chi connectivity index (χ1n) is 10.7. The Morgan fingerprint density at radius 3 is 2.64 bits per heavy atom. The van der Waals surface area contributed by atoms with Gasteiger partial charge in [-0.25, -0.2) is 4.79 Å². The molecule has 2 heterocycles. The van der Waals surface area contributed by atoms with Crippen molar-refractivity contribution in [2.75, 3.05) is 25.6 Å². The number of benzene rings is 2. The molecule has 0 saturated heterocycles. The summed E-state index contributed by atoms with van der Waals surface area (Å²) in [5.74, 6) is 2.15. The lowest BCUT2D eigenvalue weighted by Crippen LogP contribution is -2.32. The standard InChI is InChI=1S/C24H26N6O3/c1-16(2)17-7-9-19(10-8-17)26-24(31)25-13-14-33-22-12-11-21-27-28-23(30(21)29-22)18-5-4-6-20(15-18)32-3/h4-12,15-16H,13-14H2,1-3H3,(H2,25,26,31). The quantitative estimate of drug-likeness (QED) is 0.395. The van der Waals surface area contributed by atoms with E-state index in [4.69, 9.17) is 9.47 Å². The van der Waals surface area contributed by atoms with E-state index in [0.717, 1.165) is 17.0 Å². The predicted octanol–water partition coefficient (Wildman–Crippen LogP) is 4.12. The average molecular weight is 447 g/mol. The summed E-state index contributed by atoms with van der Waals surface area (Å²) in [7, 11) is 1.61. The number of aromatic nitrogens is 4. The number of anilines is 1. The molecule has 2 N–H and O–H groups in total. The normalized spacial score (nSPS) is 10.9. The Morgan fingerprint density at radius 2 is 1.88 bits per heavy atom. The van der Waals surface area contributed by atoms with Crippen LogP contribution in [-0.4, -0.2) is 46.1 Å². The van der Waals surface area contributed by atoms with E-state index in [1.807, 2.05) is 48.5 Å². The van der Waals surface area contributed by atoms with Crippen molar-refractivity contribution in [3.8, 4) is 23.0 Å². The van der Waals surface area contributed by atoms with Gasteiger partial charge in [-0.1, -0.05) is 38.1 Å². The molecule has 4 aromatic rings. The number of fused-ring (bicyclic) bond motifs is 1. The Morgan fingerprint density at radius 1 is 1.06 bits per heavy atom. The maximum absolute atomic E-state index is 12.1. The number of amides is 2. The minimum atomic E-state index is -0.293. The van der Waals surface area contributed by atoms with Crippen molar-refractivity contribution < 1.29 is 14.3 Å². The first kappa shape index (κ1) is 22.1. The molecular weight excluding hydrogens is 420 g/mol. The molecule has 4 rings (SSSR count). The lowest BCUT2D eigenvalue weighted by Gasteiger charge is -2.10. The van der Waals surface area contributed by atoms with Gasteiger partial charge in [0.05, 0.1) is 13.7 Å². The Hall–Kier alpha value is -4.14. The number of nitrogens with zero attached hydrogens (tertiary/aromatic N) is 4. The Bertz CT molecular complexity index is 1240. The summed E-state index contributed by atoms with van der Waals surface area (Å²) in [5.41, 5.74) is 3.39. The van der Waals surface area contributed by atoms with E-state index in [2.05, 4.69) is 39.8 Å². The van der Waals surface area contributed by atoms with Gasteiger partial charge < -0.3 is 20.1 Å². The van der Waals surface area contributed by atoms with Gasteiger partial charge in [0, 0.05) is 17.3 Å². The number of hydrogen-bond acceptors (Lipinski definition) is 6. The van der Waals surface area contributed by atoms with Gasteiger partial charge >= 0.3 is 6.03 Å². The molecule has 0 bridgehead atoms. The molecule has 0 saturated carbocycles. The van der Waals surface area contributed by atoms with Crippen LogP contribution in [0, 0.1) is 0 Å². The number of rotatable bonds is 8.